The first-order valence-electron chi connectivity index (χ1n) is 11.7. The number of carbonyl (C=O) groups is 1. The van der Waals surface area contributed by atoms with Crippen molar-refractivity contribution in [3.05, 3.63) is 74.4 Å². The number of hydrogen-bond acceptors (Lipinski definition) is 6. The molecule has 1 aromatic carbocycles. The van der Waals surface area contributed by atoms with Crippen LogP contribution in [0.1, 0.15) is 61.0 Å². The summed E-state index contributed by atoms with van der Waals surface area (Å²) in [5.74, 6) is -0.850. The van der Waals surface area contributed by atoms with Crippen LogP contribution in [0, 0.1) is 12.7 Å². The zero-order valence-electron chi connectivity index (χ0n) is 19.7. The molecule has 4 rings (SSSR count). The summed E-state index contributed by atoms with van der Waals surface area (Å²) in [6.07, 6.45) is 7.09. The zero-order valence-corrected chi connectivity index (χ0v) is 19.7. The molecule has 1 saturated carbocycles. The van der Waals surface area contributed by atoms with Crippen molar-refractivity contribution in [3.63, 3.8) is 0 Å². The third-order valence-corrected chi connectivity index (χ3v) is 6.31. The van der Waals surface area contributed by atoms with Crippen molar-refractivity contribution in [1.29, 1.82) is 0 Å². The molecule has 1 amide bonds. The summed E-state index contributed by atoms with van der Waals surface area (Å²) in [6.45, 7) is 3.79. The lowest BCUT2D eigenvalue weighted by Crippen LogP contribution is -2.45. The fraction of sp³-hybridized carbons (Fsp3) is 0.360. The molecule has 3 N–H and O–H groups in total. The number of carbonyl (C=O) groups excluding carboxylic acids is 1. The van der Waals surface area contributed by atoms with Gasteiger partial charge in [0.2, 0.25) is 0 Å². The van der Waals surface area contributed by atoms with Crippen molar-refractivity contribution in [1.82, 2.24) is 14.1 Å². The molecule has 1 aliphatic rings. The van der Waals surface area contributed by atoms with Crippen molar-refractivity contribution < 1.29 is 13.9 Å². The molecule has 1 aliphatic carbocycles. The van der Waals surface area contributed by atoms with E-state index in [0.717, 1.165) is 38.2 Å². The molecule has 2 aromatic heterocycles. The van der Waals surface area contributed by atoms with E-state index in [1.165, 1.54) is 33.7 Å². The van der Waals surface area contributed by atoms with Gasteiger partial charge in [-0.1, -0.05) is 19.3 Å². The summed E-state index contributed by atoms with van der Waals surface area (Å²) in [7, 11) is 0. The normalized spacial score (nSPS) is 14.0. The molecule has 0 aliphatic heterocycles. The average molecular weight is 482 g/mol. The number of ether oxygens (including phenoxy) is 1. The third kappa shape index (κ3) is 4.96. The van der Waals surface area contributed by atoms with Crippen LogP contribution in [-0.4, -0.2) is 20.0 Å². The number of anilines is 2. The minimum absolute atomic E-state index is 0.0594. The van der Waals surface area contributed by atoms with Gasteiger partial charge in [-0.3, -0.25) is 18.7 Å². The molecule has 0 radical (unpaired) electrons. The van der Waals surface area contributed by atoms with Crippen LogP contribution in [0.3, 0.4) is 0 Å². The van der Waals surface area contributed by atoms with Gasteiger partial charge in [0.05, 0.1) is 0 Å². The Morgan fingerprint density at radius 2 is 1.94 bits per heavy atom. The van der Waals surface area contributed by atoms with Gasteiger partial charge in [0, 0.05) is 42.3 Å². The number of nitrogens with zero attached hydrogens (tertiary/aromatic N) is 3. The van der Waals surface area contributed by atoms with Gasteiger partial charge in [-0.25, -0.2) is 14.2 Å². The van der Waals surface area contributed by atoms with Crippen LogP contribution in [0.2, 0.25) is 0 Å². The van der Waals surface area contributed by atoms with Gasteiger partial charge in [0.15, 0.2) is 11.6 Å². The van der Waals surface area contributed by atoms with Crippen LogP contribution in [0.25, 0.3) is 0 Å². The molecule has 0 bridgehead atoms. The average Bonchev–Trinajstić information content (AvgIpc) is 2.84. The summed E-state index contributed by atoms with van der Waals surface area (Å²) in [5.41, 5.74) is 5.27. The predicted octanol–water partition coefficient (Wildman–Crippen LogP) is 4.00. The minimum atomic E-state index is -0.715. The van der Waals surface area contributed by atoms with Crippen LogP contribution >= 0.6 is 0 Å². The summed E-state index contributed by atoms with van der Waals surface area (Å²) in [5, 5.41) is 2.56. The number of hydrogen-bond donors (Lipinski definition) is 2. The number of amides is 1. The van der Waals surface area contributed by atoms with E-state index in [9.17, 15) is 18.8 Å². The quantitative estimate of drug-likeness (QED) is 0.549. The SMILES string of the molecule is CCn1cc(C(=O)Nc2ccc(Oc3ccnc(N)c3C)c(F)c2)c(=O)n(C2CCCCC2)c1=O. The molecule has 1 fully saturated rings. The first kappa shape index (κ1) is 24.2. The Bertz CT molecular complexity index is 1380. The van der Waals surface area contributed by atoms with Gasteiger partial charge in [0.25, 0.3) is 11.5 Å². The molecule has 0 unspecified atom stereocenters. The highest BCUT2D eigenvalue weighted by Crippen LogP contribution is 2.30. The number of aromatic nitrogens is 3. The molecular weight excluding hydrogens is 453 g/mol. The van der Waals surface area contributed by atoms with Crippen LogP contribution in [0.15, 0.2) is 46.2 Å². The number of pyridine rings is 1. The highest BCUT2D eigenvalue weighted by Gasteiger charge is 2.24. The molecule has 0 spiro atoms. The largest absolute Gasteiger partial charge is 0.454 e. The highest BCUT2D eigenvalue weighted by molar-refractivity contribution is 6.03. The van der Waals surface area contributed by atoms with Crippen LogP contribution in [-0.2, 0) is 6.54 Å². The lowest BCUT2D eigenvalue weighted by atomic mass is 9.95. The lowest BCUT2D eigenvalue weighted by molar-refractivity contribution is 0.102. The number of nitrogen functional groups attached to an aromatic ring is 1. The van der Waals surface area contributed by atoms with Gasteiger partial charge in [-0.15, -0.1) is 0 Å². The van der Waals surface area contributed by atoms with Gasteiger partial charge < -0.3 is 15.8 Å². The van der Waals surface area contributed by atoms with Gasteiger partial charge in [0.1, 0.15) is 17.1 Å². The standard InChI is InChI=1S/C25H28FN5O4/c1-3-30-14-18(24(33)31(25(30)34)17-7-5-4-6-8-17)23(32)29-16-9-10-21(19(26)13-16)35-20-11-12-28-22(27)15(20)2/h9-14,17H,3-8H2,1-2H3,(H2,27,28)(H,29,32). The Morgan fingerprint density at radius 3 is 2.63 bits per heavy atom. The maximum absolute atomic E-state index is 14.7. The van der Waals surface area contributed by atoms with Crippen molar-refractivity contribution in [2.45, 2.75) is 58.5 Å². The molecule has 0 atom stereocenters. The fourth-order valence-corrected chi connectivity index (χ4v) is 4.29. The fourth-order valence-electron chi connectivity index (χ4n) is 4.29. The summed E-state index contributed by atoms with van der Waals surface area (Å²) >= 11 is 0. The Kier molecular flexibility index (Phi) is 6.99. The number of nitrogens with one attached hydrogen (secondary N) is 1. The van der Waals surface area contributed by atoms with E-state index < -0.39 is 23.0 Å². The van der Waals surface area contributed by atoms with Gasteiger partial charge >= 0.3 is 5.69 Å². The molecular formula is C25H28FN5O4. The molecule has 3 aromatic rings. The number of rotatable bonds is 6. The second-order valence-electron chi connectivity index (χ2n) is 8.60. The van der Waals surface area contributed by atoms with Crippen LogP contribution < -0.4 is 27.0 Å². The van der Waals surface area contributed by atoms with Crippen molar-refractivity contribution in [2.24, 2.45) is 0 Å². The van der Waals surface area contributed by atoms with E-state index in [1.807, 2.05) is 0 Å². The van der Waals surface area contributed by atoms with E-state index in [0.29, 0.717) is 17.9 Å². The van der Waals surface area contributed by atoms with E-state index in [-0.39, 0.29) is 28.9 Å². The number of halogens is 1. The maximum Gasteiger partial charge on any atom is 0.331 e. The molecule has 0 saturated heterocycles. The zero-order chi connectivity index (χ0) is 25.1. The first-order chi connectivity index (χ1) is 16.8. The lowest BCUT2D eigenvalue weighted by Gasteiger charge is -2.24. The maximum atomic E-state index is 14.7. The summed E-state index contributed by atoms with van der Waals surface area (Å²) in [6, 6.07) is 5.28. The molecule has 35 heavy (non-hydrogen) atoms. The second-order valence-corrected chi connectivity index (χ2v) is 8.60. The van der Waals surface area contributed by atoms with E-state index in [4.69, 9.17) is 10.5 Å². The molecule has 184 valence electrons. The minimum Gasteiger partial charge on any atom is -0.454 e. The number of aryl methyl sites for hydroxylation is 1. The summed E-state index contributed by atoms with van der Waals surface area (Å²) < 4.78 is 22.9. The topological polar surface area (TPSA) is 121 Å². The first-order valence-corrected chi connectivity index (χ1v) is 11.7. The second kappa shape index (κ2) is 10.1. The molecule has 9 nitrogen and oxygen atoms in total. The molecule has 2 heterocycles. The van der Waals surface area contributed by atoms with Crippen molar-refractivity contribution in [3.8, 4) is 11.5 Å². The van der Waals surface area contributed by atoms with Crippen molar-refractivity contribution >= 4 is 17.4 Å². The van der Waals surface area contributed by atoms with Crippen LogP contribution in [0.4, 0.5) is 15.9 Å². The number of nitrogens with two attached hydrogens (primary N) is 1. The van der Waals surface area contributed by atoms with E-state index >= 15 is 0 Å². The monoisotopic (exact) mass is 481 g/mol. The number of benzene rings is 1. The van der Waals surface area contributed by atoms with Gasteiger partial charge in [-0.05, 0) is 44.9 Å². The smallest absolute Gasteiger partial charge is 0.331 e. The predicted molar refractivity (Wildman–Crippen MR) is 131 cm³/mol. The molecule has 10 heteroatoms. The Hall–Kier alpha value is -3.95. The van der Waals surface area contributed by atoms with E-state index in [2.05, 4.69) is 10.3 Å². The Balaban J connectivity index is 1.60. The van der Waals surface area contributed by atoms with E-state index in [1.54, 1.807) is 19.9 Å². The summed E-state index contributed by atoms with van der Waals surface area (Å²) in [4.78, 5) is 43.0. The van der Waals surface area contributed by atoms with Gasteiger partial charge in [-0.2, -0.15) is 0 Å². The van der Waals surface area contributed by atoms with Crippen molar-refractivity contribution in [2.75, 3.05) is 11.1 Å². The Labute approximate surface area is 201 Å². The highest BCUT2D eigenvalue weighted by atomic mass is 19.1. The van der Waals surface area contributed by atoms with Crippen LogP contribution in [0.5, 0.6) is 11.5 Å². The third-order valence-electron chi connectivity index (χ3n) is 6.31. The Morgan fingerprint density at radius 1 is 1.20 bits per heavy atom.